The van der Waals surface area contributed by atoms with Crippen LogP contribution in [-0.2, 0) is 10.8 Å². The van der Waals surface area contributed by atoms with Gasteiger partial charge in [0, 0.05) is 27.9 Å². The average Bonchev–Trinajstić information content (AvgIpc) is 3.54. The van der Waals surface area contributed by atoms with Gasteiger partial charge in [-0.15, -0.1) is 0 Å². The number of hydrogen-bond donors (Lipinski definition) is 1. The van der Waals surface area contributed by atoms with Gasteiger partial charge in [-0.05, 0) is 98.1 Å². The monoisotopic (exact) mass is 615 g/mol. The van der Waals surface area contributed by atoms with Gasteiger partial charge in [0.25, 0.3) is 0 Å². The van der Waals surface area contributed by atoms with Crippen LogP contribution in [0.5, 0.6) is 11.5 Å². The lowest BCUT2D eigenvalue weighted by atomic mass is 9.66. The Hall–Kier alpha value is -5.86. The molecule has 2 heteroatoms. The van der Waals surface area contributed by atoms with E-state index < -0.39 is 5.41 Å². The lowest BCUT2D eigenvalue weighted by molar-refractivity contribution is 0.436. The van der Waals surface area contributed by atoms with Gasteiger partial charge in [-0.3, -0.25) is 0 Å². The van der Waals surface area contributed by atoms with Crippen molar-refractivity contribution in [3.8, 4) is 44.9 Å². The molecule has 2 aliphatic carbocycles. The van der Waals surface area contributed by atoms with Gasteiger partial charge in [0.15, 0.2) is 0 Å². The van der Waals surface area contributed by atoms with Crippen LogP contribution in [0.3, 0.4) is 0 Å². The highest BCUT2D eigenvalue weighted by Gasteiger charge is 2.51. The molecule has 7 aromatic rings. The van der Waals surface area contributed by atoms with Crippen LogP contribution in [0.1, 0.15) is 47.2 Å². The van der Waals surface area contributed by atoms with Gasteiger partial charge in [-0.2, -0.15) is 0 Å². The van der Waals surface area contributed by atoms with Gasteiger partial charge >= 0.3 is 0 Å². The van der Waals surface area contributed by atoms with Crippen molar-refractivity contribution in [3.63, 3.8) is 0 Å². The van der Waals surface area contributed by atoms with Crippen molar-refractivity contribution < 1.29 is 4.74 Å². The van der Waals surface area contributed by atoms with E-state index in [9.17, 15) is 0 Å². The maximum absolute atomic E-state index is 6.49. The van der Waals surface area contributed by atoms with Crippen LogP contribution in [0, 0.1) is 0 Å². The van der Waals surface area contributed by atoms with Crippen LogP contribution in [0.25, 0.3) is 33.4 Å². The van der Waals surface area contributed by atoms with Crippen LogP contribution in [0.4, 0.5) is 11.4 Å². The van der Waals surface area contributed by atoms with E-state index in [4.69, 9.17) is 4.74 Å². The van der Waals surface area contributed by atoms with Crippen molar-refractivity contribution in [1.29, 1.82) is 0 Å². The Balaban J connectivity index is 1.07. The van der Waals surface area contributed by atoms with Crippen molar-refractivity contribution in [2.45, 2.75) is 24.7 Å². The minimum atomic E-state index is -0.447. The van der Waals surface area contributed by atoms with Crippen molar-refractivity contribution in [1.82, 2.24) is 0 Å². The van der Waals surface area contributed by atoms with E-state index in [-0.39, 0.29) is 5.41 Å². The first kappa shape index (κ1) is 27.3. The molecule has 0 aromatic heterocycles. The number of nitrogens with one attached hydrogen (secondary N) is 1. The minimum Gasteiger partial charge on any atom is -0.457 e. The van der Waals surface area contributed by atoms with Crippen LogP contribution in [-0.4, -0.2) is 0 Å². The van der Waals surface area contributed by atoms with Crippen molar-refractivity contribution >= 4 is 11.4 Å². The van der Waals surface area contributed by atoms with E-state index in [1.165, 1.54) is 66.8 Å². The molecule has 10 rings (SSSR count). The molecular formula is C46H33NO. The lowest BCUT2D eigenvalue weighted by Crippen LogP contribution is -2.32. The highest BCUT2D eigenvalue weighted by molar-refractivity contribution is 5.91. The standard InChI is InChI=1S/C46H33NO/c1-45(2)41-26-30(29-12-4-3-5-13-29)20-23-34(41)35-24-21-32(28-42(35)45)47-31-22-25-38-36(27-31)33-14-6-7-15-37(33)46(38)39-16-8-10-18-43(39)48-44-19-11-9-17-40(44)46/h3-28,47H,1-2H3. The molecule has 0 saturated carbocycles. The first-order valence-corrected chi connectivity index (χ1v) is 16.8. The molecule has 1 heterocycles. The molecule has 0 saturated heterocycles. The Morgan fingerprint density at radius 2 is 0.938 bits per heavy atom. The predicted molar refractivity (Wildman–Crippen MR) is 197 cm³/mol. The SMILES string of the molecule is CC1(C)c2cc(Nc3ccc4c(c3)-c3ccccc3C43c4ccccc4Oc4ccccc43)ccc2-c2ccc(-c3ccccc3)cc21. The number of anilines is 2. The molecule has 7 aromatic carbocycles. The number of rotatable bonds is 3. The summed E-state index contributed by atoms with van der Waals surface area (Å²) in [4.78, 5) is 0. The molecular weight excluding hydrogens is 583 g/mol. The maximum atomic E-state index is 6.49. The molecule has 0 bridgehead atoms. The zero-order chi connectivity index (χ0) is 32.0. The summed E-state index contributed by atoms with van der Waals surface area (Å²) in [6, 6.07) is 57.3. The molecule has 3 aliphatic rings. The highest BCUT2D eigenvalue weighted by atomic mass is 16.5. The average molecular weight is 616 g/mol. The number of hydrogen-bond acceptors (Lipinski definition) is 2. The number of benzene rings is 7. The molecule has 1 spiro atoms. The first-order valence-electron chi connectivity index (χ1n) is 16.8. The van der Waals surface area contributed by atoms with Crippen molar-refractivity contribution in [2.24, 2.45) is 0 Å². The summed E-state index contributed by atoms with van der Waals surface area (Å²) in [5, 5.41) is 3.80. The summed E-state index contributed by atoms with van der Waals surface area (Å²) in [7, 11) is 0. The summed E-state index contributed by atoms with van der Waals surface area (Å²) in [5.41, 5.74) is 17.0. The van der Waals surface area contributed by atoms with Crippen LogP contribution >= 0.6 is 0 Å². The van der Waals surface area contributed by atoms with Gasteiger partial charge in [-0.1, -0.05) is 129 Å². The van der Waals surface area contributed by atoms with E-state index in [1.54, 1.807) is 0 Å². The van der Waals surface area contributed by atoms with Gasteiger partial charge in [0.05, 0.1) is 5.41 Å². The van der Waals surface area contributed by atoms with E-state index in [0.29, 0.717) is 0 Å². The van der Waals surface area contributed by atoms with Gasteiger partial charge in [-0.25, -0.2) is 0 Å². The number of para-hydroxylation sites is 2. The molecule has 228 valence electrons. The third-order valence-corrected chi connectivity index (χ3v) is 10.9. The molecule has 1 aliphatic heterocycles. The Morgan fingerprint density at radius 1 is 0.396 bits per heavy atom. The second-order valence-electron chi connectivity index (χ2n) is 13.8. The van der Waals surface area contributed by atoms with Crippen molar-refractivity contribution in [3.05, 3.63) is 191 Å². The summed E-state index contributed by atoms with van der Waals surface area (Å²) in [5.74, 6) is 1.83. The minimum absolute atomic E-state index is 0.111. The third kappa shape index (κ3) is 3.63. The fourth-order valence-corrected chi connectivity index (χ4v) is 8.73. The predicted octanol–water partition coefficient (Wildman–Crippen LogP) is 11.9. The Labute approximate surface area is 281 Å². The smallest absolute Gasteiger partial charge is 0.132 e. The molecule has 0 radical (unpaired) electrons. The largest absolute Gasteiger partial charge is 0.457 e. The van der Waals surface area contributed by atoms with Crippen LogP contribution in [0.2, 0.25) is 0 Å². The van der Waals surface area contributed by atoms with E-state index in [0.717, 1.165) is 22.9 Å². The number of ether oxygens (including phenoxy) is 1. The first-order chi connectivity index (χ1) is 23.5. The van der Waals surface area contributed by atoms with Gasteiger partial charge in [0.1, 0.15) is 11.5 Å². The molecule has 0 unspecified atom stereocenters. The van der Waals surface area contributed by atoms with E-state index in [1.807, 2.05) is 0 Å². The second-order valence-corrected chi connectivity index (χ2v) is 13.8. The molecule has 2 nitrogen and oxygen atoms in total. The Morgan fingerprint density at radius 3 is 1.69 bits per heavy atom. The maximum Gasteiger partial charge on any atom is 0.132 e. The number of fused-ring (bicyclic) bond motifs is 12. The molecule has 48 heavy (non-hydrogen) atoms. The Kier molecular flexibility index (Phi) is 5.58. The summed E-state index contributed by atoms with van der Waals surface area (Å²) in [6.07, 6.45) is 0. The molecule has 1 N–H and O–H groups in total. The van der Waals surface area contributed by atoms with Crippen molar-refractivity contribution in [2.75, 3.05) is 5.32 Å². The Bertz CT molecular complexity index is 2390. The van der Waals surface area contributed by atoms with E-state index in [2.05, 4.69) is 177 Å². The normalized spacial score (nSPS) is 15.0. The molecule has 0 atom stereocenters. The zero-order valence-electron chi connectivity index (χ0n) is 26.9. The fraction of sp³-hybridized carbons (Fsp3) is 0.0870. The summed E-state index contributed by atoms with van der Waals surface area (Å²) < 4.78 is 6.49. The van der Waals surface area contributed by atoms with Gasteiger partial charge in [0.2, 0.25) is 0 Å². The van der Waals surface area contributed by atoms with Crippen LogP contribution < -0.4 is 10.1 Å². The van der Waals surface area contributed by atoms with Crippen LogP contribution in [0.15, 0.2) is 158 Å². The highest BCUT2D eigenvalue weighted by Crippen LogP contribution is 2.62. The topological polar surface area (TPSA) is 21.3 Å². The summed E-state index contributed by atoms with van der Waals surface area (Å²) in [6.45, 7) is 4.71. The third-order valence-electron chi connectivity index (χ3n) is 10.9. The lowest BCUT2D eigenvalue weighted by Gasteiger charge is -2.39. The quantitative estimate of drug-likeness (QED) is 0.213. The summed E-state index contributed by atoms with van der Waals surface area (Å²) >= 11 is 0. The molecule has 0 amide bonds. The second kappa shape index (κ2) is 9.82. The molecule has 0 fully saturated rings. The fourth-order valence-electron chi connectivity index (χ4n) is 8.73. The van der Waals surface area contributed by atoms with E-state index >= 15 is 0 Å². The zero-order valence-corrected chi connectivity index (χ0v) is 26.9. The van der Waals surface area contributed by atoms with Gasteiger partial charge < -0.3 is 10.1 Å².